The lowest BCUT2D eigenvalue weighted by atomic mass is 10.1. The molecule has 0 bridgehead atoms. The second-order valence-corrected chi connectivity index (χ2v) is 7.06. The molecule has 0 aliphatic heterocycles. The molecule has 0 fully saturated rings. The number of nitrogens with two attached hydrogens (primary N) is 1. The summed E-state index contributed by atoms with van der Waals surface area (Å²) in [6.45, 7) is 6.72. The van der Waals surface area contributed by atoms with Crippen LogP contribution in [0.4, 0.5) is 0 Å². The van der Waals surface area contributed by atoms with Crippen LogP contribution >= 0.6 is 11.3 Å². The van der Waals surface area contributed by atoms with Crippen LogP contribution in [0.1, 0.15) is 24.3 Å². The summed E-state index contributed by atoms with van der Waals surface area (Å²) in [5, 5.41) is 2.12. The Bertz CT molecular complexity index is 546. The molecule has 21 heavy (non-hydrogen) atoms. The second kappa shape index (κ2) is 7.07. The van der Waals surface area contributed by atoms with Gasteiger partial charge >= 0.3 is 0 Å². The zero-order valence-corrected chi connectivity index (χ0v) is 13.8. The van der Waals surface area contributed by atoms with Gasteiger partial charge in [-0.1, -0.05) is 24.3 Å². The third kappa shape index (κ3) is 5.16. The largest absolute Gasteiger partial charge is 0.496 e. The predicted octanol–water partition coefficient (Wildman–Crippen LogP) is 3.50. The van der Waals surface area contributed by atoms with Gasteiger partial charge in [0.15, 0.2) is 0 Å². The molecule has 2 rings (SSSR count). The number of hydrogen-bond donors (Lipinski definition) is 1. The number of ether oxygens (including phenoxy) is 1. The Kier molecular flexibility index (Phi) is 5.39. The molecule has 0 spiro atoms. The van der Waals surface area contributed by atoms with Crippen molar-refractivity contribution < 1.29 is 4.74 Å². The van der Waals surface area contributed by atoms with Crippen LogP contribution in [0.15, 0.2) is 41.8 Å². The van der Waals surface area contributed by atoms with E-state index in [0.717, 1.165) is 25.4 Å². The fourth-order valence-corrected chi connectivity index (χ4v) is 3.19. The lowest BCUT2D eigenvalue weighted by Gasteiger charge is -2.30. The highest BCUT2D eigenvalue weighted by atomic mass is 32.1. The quantitative estimate of drug-likeness (QED) is 0.851. The van der Waals surface area contributed by atoms with E-state index in [-0.39, 0.29) is 5.54 Å². The third-order valence-corrected chi connectivity index (χ3v) is 4.04. The van der Waals surface area contributed by atoms with Gasteiger partial charge in [0.05, 0.1) is 7.11 Å². The van der Waals surface area contributed by atoms with Gasteiger partial charge in [0.1, 0.15) is 5.75 Å². The number of benzene rings is 1. The summed E-state index contributed by atoms with van der Waals surface area (Å²) in [5.41, 5.74) is 7.19. The summed E-state index contributed by atoms with van der Waals surface area (Å²) < 4.78 is 5.46. The molecule has 0 radical (unpaired) electrons. The number of rotatable bonds is 7. The minimum atomic E-state index is -0.223. The van der Waals surface area contributed by atoms with Crippen LogP contribution < -0.4 is 10.5 Å². The molecule has 1 aromatic carbocycles. The highest BCUT2D eigenvalue weighted by molar-refractivity contribution is 7.09. The van der Waals surface area contributed by atoms with Crippen LogP contribution in [-0.4, -0.2) is 24.1 Å². The molecule has 3 nitrogen and oxygen atoms in total. The number of para-hydroxylation sites is 1. The number of hydrogen-bond acceptors (Lipinski definition) is 4. The Morgan fingerprint density at radius 1 is 1.14 bits per heavy atom. The number of methoxy groups -OCH3 is 1. The standard InChI is InChI=1S/C17H24N2OS/c1-17(2,18)13-19(12-15-8-6-10-21-15)11-14-7-4-5-9-16(14)20-3/h4-10H,11-13,18H2,1-3H3. The van der Waals surface area contributed by atoms with Gasteiger partial charge in [-0.05, 0) is 31.4 Å². The molecule has 4 heteroatoms. The molecular formula is C17H24N2OS. The molecular weight excluding hydrogens is 280 g/mol. The zero-order chi connectivity index (χ0) is 15.3. The molecule has 0 aliphatic carbocycles. The molecule has 1 heterocycles. The maximum absolute atomic E-state index is 6.22. The van der Waals surface area contributed by atoms with E-state index in [4.69, 9.17) is 10.5 Å². The molecule has 2 aromatic rings. The van der Waals surface area contributed by atoms with Crippen molar-refractivity contribution in [2.24, 2.45) is 5.73 Å². The molecule has 0 atom stereocenters. The summed E-state index contributed by atoms with van der Waals surface area (Å²) in [6.07, 6.45) is 0. The fourth-order valence-electron chi connectivity index (χ4n) is 2.44. The van der Waals surface area contributed by atoms with Gasteiger partial charge in [-0.25, -0.2) is 0 Å². The van der Waals surface area contributed by atoms with E-state index in [2.05, 4.69) is 48.4 Å². The summed E-state index contributed by atoms with van der Waals surface area (Å²) in [6, 6.07) is 12.4. The second-order valence-electron chi connectivity index (χ2n) is 6.02. The first-order valence-corrected chi connectivity index (χ1v) is 8.01. The molecule has 0 saturated heterocycles. The Morgan fingerprint density at radius 3 is 2.52 bits per heavy atom. The highest BCUT2D eigenvalue weighted by Crippen LogP contribution is 2.22. The van der Waals surface area contributed by atoms with E-state index in [1.807, 2.05) is 12.1 Å². The van der Waals surface area contributed by atoms with Gasteiger partial charge < -0.3 is 10.5 Å². The summed E-state index contributed by atoms with van der Waals surface area (Å²) in [5.74, 6) is 0.934. The van der Waals surface area contributed by atoms with Crippen LogP contribution in [0.5, 0.6) is 5.75 Å². The SMILES string of the molecule is COc1ccccc1CN(Cc1cccs1)CC(C)(C)N. The van der Waals surface area contributed by atoms with E-state index in [1.165, 1.54) is 10.4 Å². The third-order valence-electron chi connectivity index (χ3n) is 3.18. The monoisotopic (exact) mass is 304 g/mol. The predicted molar refractivity (Wildman–Crippen MR) is 89.7 cm³/mol. The van der Waals surface area contributed by atoms with Crippen molar-refractivity contribution in [3.63, 3.8) is 0 Å². The molecule has 1 aromatic heterocycles. The summed E-state index contributed by atoms with van der Waals surface area (Å²) in [4.78, 5) is 3.73. The Labute approximate surface area is 131 Å². The van der Waals surface area contributed by atoms with Gasteiger partial charge in [0.25, 0.3) is 0 Å². The average Bonchev–Trinajstić information content (AvgIpc) is 2.90. The van der Waals surface area contributed by atoms with E-state index in [1.54, 1.807) is 18.4 Å². The van der Waals surface area contributed by atoms with Crippen molar-refractivity contribution in [1.29, 1.82) is 0 Å². The highest BCUT2D eigenvalue weighted by Gasteiger charge is 2.18. The maximum atomic E-state index is 6.22. The lowest BCUT2D eigenvalue weighted by Crippen LogP contribution is -2.44. The van der Waals surface area contributed by atoms with Crippen LogP contribution in [0.2, 0.25) is 0 Å². The van der Waals surface area contributed by atoms with E-state index >= 15 is 0 Å². The van der Waals surface area contributed by atoms with Crippen molar-refractivity contribution in [2.75, 3.05) is 13.7 Å². The van der Waals surface area contributed by atoms with Gasteiger partial charge in [-0.15, -0.1) is 11.3 Å². The summed E-state index contributed by atoms with van der Waals surface area (Å²) >= 11 is 1.78. The summed E-state index contributed by atoms with van der Waals surface area (Å²) in [7, 11) is 1.72. The number of thiophene rings is 1. The molecule has 0 amide bonds. The van der Waals surface area contributed by atoms with Crippen LogP contribution in [0, 0.1) is 0 Å². The van der Waals surface area contributed by atoms with Gasteiger partial charge in [0.2, 0.25) is 0 Å². The zero-order valence-electron chi connectivity index (χ0n) is 13.0. The van der Waals surface area contributed by atoms with E-state index in [9.17, 15) is 0 Å². The Hall–Kier alpha value is -1.36. The van der Waals surface area contributed by atoms with Crippen LogP contribution in [-0.2, 0) is 13.1 Å². The van der Waals surface area contributed by atoms with Crippen LogP contribution in [0.3, 0.4) is 0 Å². The lowest BCUT2D eigenvalue weighted by molar-refractivity contribution is 0.209. The molecule has 114 valence electrons. The topological polar surface area (TPSA) is 38.5 Å². The van der Waals surface area contributed by atoms with Crippen molar-refractivity contribution in [2.45, 2.75) is 32.5 Å². The maximum Gasteiger partial charge on any atom is 0.123 e. The van der Waals surface area contributed by atoms with Crippen molar-refractivity contribution in [3.05, 3.63) is 52.2 Å². The van der Waals surface area contributed by atoms with Gasteiger partial charge in [0, 0.05) is 35.6 Å². The fraction of sp³-hybridized carbons (Fsp3) is 0.412. The van der Waals surface area contributed by atoms with Gasteiger partial charge in [-0.2, -0.15) is 0 Å². The molecule has 0 unspecified atom stereocenters. The normalized spacial score (nSPS) is 11.9. The van der Waals surface area contributed by atoms with Crippen molar-refractivity contribution in [3.8, 4) is 5.75 Å². The molecule has 0 aliphatic rings. The van der Waals surface area contributed by atoms with E-state index < -0.39 is 0 Å². The first-order chi connectivity index (χ1) is 9.98. The Balaban J connectivity index is 2.14. The minimum absolute atomic E-state index is 0.223. The van der Waals surface area contributed by atoms with Gasteiger partial charge in [-0.3, -0.25) is 4.90 Å². The molecule has 0 saturated carbocycles. The molecule has 2 N–H and O–H groups in total. The van der Waals surface area contributed by atoms with Crippen molar-refractivity contribution in [1.82, 2.24) is 4.90 Å². The smallest absolute Gasteiger partial charge is 0.123 e. The first kappa shape index (κ1) is 16.0. The Morgan fingerprint density at radius 2 is 1.90 bits per heavy atom. The van der Waals surface area contributed by atoms with Crippen LogP contribution in [0.25, 0.3) is 0 Å². The first-order valence-electron chi connectivity index (χ1n) is 7.13. The minimum Gasteiger partial charge on any atom is -0.496 e. The van der Waals surface area contributed by atoms with Crippen molar-refractivity contribution >= 4 is 11.3 Å². The van der Waals surface area contributed by atoms with E-state index in [0.29, 0.717) is 0 Å². The average molecular weight is 304 g/mol. The number of nitrogens with zero attached hydrogens (tertiary/aromatic N) is 1.